The standard InChI is InChI=1S/C27H35NO2/c1-5-26(25-13-9-6-10-20(25)2)30-19-24(29)18-28-27(3,4)17-21-14-15-22-11-7-8-12-23(22)16-21/h6-16,24,26,28-29H,5,17-19H2,1-4H3. The van der Waals surface area contributed by atoms with Gasteiger partial charge in [0.25, 0.3) is 0 Å². The van der Waals surface area contributed by atoms with E-state index in [0.717, 1.165) is 12.8 Å². The number of hydrogen-bond donors (Lipinski definition) is 2. The molecular formula is C27H35NO2. The maximum absolute atomic E-state index is 10.5. The van der Waals surface area contributed by atoms with Crippen LogP contribution in [0, 0.1) is 6.92 Å². The molecule has 0 bridgehead atoms. The van der Waals surface area contributed by atoms with Crippen LogP contribution < -0.4 is 5.32 Å². The molecule has 2 N–H and O–H groups in total. The van der Waals surface area contributed by atoms with Crippen LogP contribution in [0.15, 0.2) is 66.7 Å². The second-order valence-corrected chi connectivity index (χ2v) is 8.86. The first-order chi connectivity index (χ1) is 14.4. The van der Waals surface area contributed by atoms with Crippen molar-refractivity contribution in [2.24, 2.45) is 0 Å². The Morgan fingerprint density at radius 2 is 1.67 bits per heavy atom. The van der Waals surface area contributed by atoms with Crippen LogP contribution >= 0.6 is 0 Å². The first kappa shape index (κ1) is 22.5. The lowest BCUT2D eigenvalue weighted by molar-refractivity contribution is -0.0135. The molecule has 0 aliphatic heterocycles. The molecule has 0 saturated carbocycles. The molecule has 2 atom stereocenters. The molecule has 0 aliphatic carbocycles. The lowest BCUT2D eigenvalue weighted by Crippen LogP contribution is -2.46. The smallest absolute Gasteiger partial charge is 0.0898 e. The molecule has 0 aromatic heterocycles. The van der Waals surface area contributed by atoms with E-state index in [1.54, 1.807) is 0 Å². The molecule has 3 aromatic carbocycles. The lowest BCUT2D eigenvalue weighted by Gasteiger charge is -2.29. The van der Waals surface area contributed by atoms with Crippen molar-refractivity contribution in [3.8, 4) is 0 Å². The van der Waals surface area contributed by atoms with E-state index in [2.05, 4.69) is 87.6 Å². The van der Waals surface area contributed by atoms with Gasteiger partial charge >= 0.3 is 0 Å². The molecule has 0 heterocycles. The van der Waals surface area contributed by atoms with Gasteiger partial charge in [0.15, 0.2) is 0 Å². The topological polar surface area (TPSA) is 41.5 Å². The van der Waals surface area contributed by atoms with Crippen molar-refractivity contribution >= 4 is 10.8 Å². The summed E-state index contributed by atoms with van der Waals surface area (Å²) in [5.41, 5.74) is 3.61. The quantitative estimate of drug-likeness (QED) is 0.462. The van der Waals surface area contributed by atoms with E-state index in [0.29, 0.717) is 13.2 Å². The zero-order valence-electron chi connectivity index (χ0n) is 18.7. The van der Waals surface area contributed by atoms with Crippen molar-refractivity contribution in [1.29, 1.82) is 0 Å². The predicted molar refractivity (Wildman–Crippen MR) is 126 cm³/mol. The van der Waals surface area contributed by atoms with Crippen molar-refractivity contribution < 1.29 is 9.84 Å². The first-order valence-electron chi connectivity index (χ1n) is 11.0. The Labute approximate surface area is 181 Å². The largest absolute Gasteiger partial charge is 0.389 e. The Morgan fingerprint density at radius 1 is 0.967 bits per heavy atom. The van der Waals surface area contributed by atoms with Crippen molar-refractivity contribution in [2.75, 3.05) is 13.2 Å². The van der Waals surface area contributed by atoms with Crippen LogP contribution in [-0.2, 0) is 11.2 Å². The van der Waals surface area contributed by atoms with Crippen LogP contribution in [0.4, 0.5) is 0 Å². The third kappa shape index (κ3) is 6.15. The van der Waals surface area contributed by atoms with Crippen LogP contribution in [0.2, 0.25) is 0 Å². The molecule has 30 heavy (non-hydrogen) atoms. The third-order valence-corrected chi connectivity index (χ3v) is 5.67. The number of ether oxygens (including phenoxy) is 1. The van der Waals surface area contributed by atoms with Gasteiger partial charge in [-0.2, -0.15) is 0 Å². The number of aliphatic hydroxyl groups is 1. The second kappa shape index (κ2) is 10.2. The molecule has 3 rings (SSSR count). The van der Waals surface area contributed by atoms with Gasteiger partial charge in [-0.3, -0.25) is 0 Å². The number of rotatable bonds is 10. The highest BCUT2D eigenvalue weighted by atomic mass is 16.5. The van der Waals surface area contributed by atoms with Crippen LogP contribution in [0.25, 0.3) is 10.8 Å². The van der Waals surface area contributed by atoms with E-state index in [1.165, 1.54) is 27.5 Å². The zero-order valence-corrected chi connectivity index (χ0v) is 18.7. The fraction of sp³-hybridized carbons (Fsp3) is 0.407. The molecule has 3 heteroatoms. The highest BCUT2D eigenvalue weighted by molar-refractivity contribution is 5.83. The number of aryl methyl sites for hydroxylation is 1. The maximum Gasteiger partial charge on any atom is 0.0898 e. The predicted octanol–water partition coefficient (Wildman–Crippen LogP) is 5.59. The highest BCUT2D eigenvalue weighted by Gasteiger charge is 2.20. The molecular weight excluding hydrogens is 370 g/mol. The van der Waals surface area contributed by atoms with Crippen molar-refractivity contribution in [1.82, 2.24) is 5.32 Å². The molecule has 0 radical (unpaired) electrons. The molecule has 2 unspecified atom stereocenters. The molecule has 0 fully saturated rings. The van der Waals surface area contributed by atoms with Gasteiger partial charge in [0, 0.05) is 12.1 Å². The summed E-state index contributed by atoms with van der Waals surface area (Å²) in [7, 11) is 0. The average Bonchev–Trinajstić information content (AvgIpc) is 2.73. The summed E-state index contributed by atoms with van der Waals surface area (Å²) in [6.07, 6.45) is 1.26. The maximum atomic E-state index is 10.5. The Hall–Kier alpha value is -2.20. The van der Waals surface area contributed by atoms with E-state index in [9.17, 15) is 5.11 Å². The second-order valence-electron chi connectivity index (χ2n) is 8.86. The normalized spacial score (nSPS) is 14.0. The summed E-state index contributed by atoms with van der Waals surface area (Å²) >= 11 is 0. The number of nitrogens with one attached hydrogen (secondary N) is 1. The highest BCUT2D eigenvalue weighted by Crippen LogP contribution is 2.24. The number of hydrogen-bond acceptors (Lipinski definition) is 3. The number of aliphatic hydroxyl groups excluding tert-OH is 1. The van der Waals surface area contributed by atoms with Crippen LogP contribution in [0.1, 0.15) is 50.0 Å². The van der Waals surface area contributed by atoms with Crippen LogP contribution in [0.3, 0.4) is 0 Å². The monoisotopic (exact) mass is 405 g/mol. The minimum Gasteiger partial charge on any atom is -0.389 e. The molecule has 0 saturated heterocycles. The summed E-state index contributed by atoms with van der Waals surface area (Å²) in [6, 6.07) is 23.4. The van der Waals surface area contributed by atoms with Gasteiger partial charge in [-0.05, 0) is 61.1 Å². The van der Waals surface area contributed by atoms with Gasteiger partial charge in [-0.15, -0.1) is 0 Å². The Balaban J connectivity index is 1.51. The van der Waals surface area contributed by atoms with Gasteiger partial charge in [0.05, 0.1) is 18.8 Å². The molecule has 0 amide bonds. The molecule has 160 valence electrons. The summed E-state index contributed by atoms with van der Waals surface area (Å²) in [6.45, 7) is 9.41. The minimum atomic E-state index is -0.543. The van der Waals surface area contributed by atoms with Gasteiger partial charge in [0.1, 0.15) is 0 Å². The van der Waals surface area contributed by atoms with E-state index >= 15 is 0 Å². The lowest BCUT2D eigenvalue weighted by atomic mass is 9.93. The van der Waals surface area contributed by atoms with Gasteiger partial charge < -0.3 is 15.2 Å². The Bertz CT molecular complexity index is 950. The van der Waals surface area contributed by atoms with E-state index in [4.69, 9.17) is 4.74 Å². The van der Waals surface area contributed by atoms with E-state index in [1.807, 2.05) is 12.1 Å². The van der Waals surface area contributed by atoms with E-state index in [-0.39, 0.29) is 11.6 Å². The first-order valence-corrected chi connectivity index (χ1v) is 11.0. The fourth-order valence-corrected chi connectivity index (χ4v) is 3.98. The average molecular weight is 406 g/mol. The number of β-amino-alcohol motifs (C(OH)–C–C–N with tert-alkyl or cyclic N) is 1. The summed E-state index contributed by atoms with van der Waals surface area (Å²) in [5.74, 6) is 0. The Morgan fingerprint density at radius 3 is 2.40 bits per heavy atom. The van der Waals surface area contributed by atoms with Gasteiger partial charge in [-0.1, -0.05) is 73.7 Å². The minimum absolute atomic E-state index is 0.0199. The van der Waals surface area contributed by atoms with Gasteiger partial charge in [0.2, 0.25) is 0 Å². The van der Waals surface area contributed by atoms with Crippen LogP contribution in [0.5, 0.6) is 0 Å². The molecule has 3 nitrogen and oxygen atoms in total. The Kier molecular flexibility index (Phi) is 7.65. The molecule has 0 spiro atoms. The number of fused-ring (bicyclic) bond motifs is 1. The van der Waals surface area contributed by atoms with E-state index < -0.39 is 6.10 Å². The van der Waals surface area contributed by atoms with Crippen molar-refractivity contribution in [3.05, 3.63) is 83.4 Å². The van der Waals surface area contributed by atoms with Crippen molar-refractivity contribution in [3.63, 3.8) is 0 Å². The molecule has 3 aromatic rings. The summed E-state index contributed by atoms with van der Waals surface area (Å²) < 4.78 is 6.06. The third-order valence-electron chi connectivity index (χ3n) is 5.67. The molecule has 0 aliphatic rings. The number of benzene rings is 3. The summed E-state index contributed by atoms with van der Waals surface area (Å²) in [5, 5.41) is 16.5. The summed E-state index contributed by atoms with van der Waals surface area (Å²) in [4.78, 5) is 0. The fourth-order valence-electron chi connectivity index (χ4n) is 3.98. The zero-order chi connectivity index (χ0) is 21.6. The van der Waals surface area contributed by atoms with Gasteiger partial charge in [-0.25, -0.2) is 0 Å². The van der Waals surface area contributed by atoms with Crippen molar-refractivity contribution in [2.45, 2.75) is 58.3 Å². The van der Waals surface area contributed by atoms with Crippen LogP contribution in [-0.4, -0.2) is 29.9 Å². The SMILES string of the molecule is CCC(OCC(O)CNC(C)(C)Cc1ccc2ccccc2c1)c1ccccc1C.